The lowest BCUT2D eigenvalue weighted by molar-refractivity contribution is -0.274. The van der Waals surface area contributed by atoms with Crippen molar-refractivity contribution in [3.8, 4) is 17.5 Å². The van der Waals surface area contributed by atoms with Crippen molar-refractivity contribution in [1.29, 1.82) is 0 Å². The summed E-state index contributed by atoms with van der Waals surface area (Å²) < 4.78 is 54.7. The maximum absolute atomic E-state index is 12.5. The number of benzene rings is 2. The van der Waals surface area contributed by atoms with Gasteiger partial charge in [-0.3, -0.25) is 4.57 Å². The molecule has 2 N–H and O–H groups in total. The highest BCUT2D eigenvalue weighted by Gasteiger charge is 2.31. The van der Waals surface area contributed by atoms with E-state index >= 15 is 0 Å². The molecule has 0 unspecified atom stereocenters. The van der Waals surface area contributed by atoms with E-state index in [0.29, 0.717) is 17.8 Å². The molecule has 0 amide bonds. The van der Waals surface area contributed by atoms with Crippen molar-refractivity contribution in [2.75, 3.05) is 36.9 Å². The average molecular weight is 443 g/mol. The third-order valence-electron chi connectivity index (χ3n) is 4.05. The number of aromatic nitrogens is 2. The smallest absolute Gasteiger partial charge is 0.425 e. The second kappa shape index (κ2) is 8.65. The number of alkyl halides is 3. The summed E-state index contributed by atoms with van der Waals surface area (Å²) in [5.74, 6) is 0.719. The number of nitrogens with two attached hydrogens (primary N) is 1. The van der Waals surface area contributed by atoms with E-state index in [1.807, 2.05) is 0 Å². The van der Waals surface area contributed by atoms with Crippen molar-refractivity contribution in [1.82, 2.24) is 9.55 Å². The molecule has 0 aliphatic carbocycles. The van der Waals surface area contributed by atoms with Crippen molar-refractivity contribution in [2.24, 2.45) is 0 Å². The molecule has 1 aromatic heterocycles. The van der Waals surface area contributed by atoms with E-state index in [-0.39, 0.29) is 24.2 Å². The number of nitrogen functional groups attached to an aromatic ring is 1. The standard InChI is InChI=1S/C20H24F3N3O3S/c1-30(2,3)10-9-27-13-26-18-8-7-14(24)11-17(18)25-19(26)28-15-5-4-6-16(12-15)29-20(21,22)23/h4-8,11-12H,9-10,13,24H2,1-3H3. The Bertz CT molecular complexity index is 1020. The quantitative estimate of drug-likeness (QED) is 0.393. The number of nitrogens with zero attached hydrogens (tertiary/aromatic N) is 2. The highest BCUT2D eigenvalue weighted by molar-refractivity contribution is 8.32. The highest BCUT2D eigenvalue weighted by Crippen LogP contribution is 2.34. The van der Waals surface area contributed by atoms with Gasteiger partial charge in [0.1, 0.15) is 18.2 Å². The van der Waals surface area contributed by atoms with Crippen LogP contribution in [0.2, 0.25) is 0 Å². The maximum atomic E-state index is 12.5. The second-order valence-electron chi connectivity index (χ2n) is 7.53. The molecule has 0 saturated carbocycles. The molecular formula is C20H24F3N3O3S. The lowest BCUT2D eigenvalue weighted by atomic mass is 10.3. The van der Waals surface area contributed by atoms with Crippen LogP contribution in [0.25, 0.3) is 11.0 Å². The van der Waals surface area contributed by atoms with E-state index in [9.17, 15) is 13.2 Å². The zero-order valence-electron chi connectivity index (χ0n) is 16.9. The average Bonchev–Trinajstić information content (AvgIpc) is 2.93. The Kier molecular flexibility index (Phi) is 6.37. The van der Waals surface area contributed by atoms with E-state index in [2.05, 4.69) is 28.5 Å². The van der Waals surface area contributed by atoms with Crippen LogP contribution in [0.4, 0.5) is 18.9 Å². The molecule has 0 bridgehead atoms. The SMILES string of the molecule is CS(C)(C)CCOCn1c(Oc2cccc(OC(F)(F)F)c2)nc2cc(N)ccc21. The topological polar surface area (TPSA) is 71.5 Å². The number of hydrogen-bond acceptors (Lipinski definition) is 5. The van der Waals surface area contributed by atoms with Crippen LogP contribution in [0.1, 0.15) is 0 Å². The van der Waals surface area contributed by atoms with Gasteiger partial charge < -0.3 is 19.9 Å². The monoisotopic (exact) mass is 443 g/mol. The molecule has 0 atom stereocenters. The van der Waals surface area contributed by atoms with E-state index < -0.39 is 16.4 Å². The molecule has 0 aliphatic rings. The molecule has 164 valence electrons. The summed E-state index contributed by atoms with van der Waals surface area (Å²) in [5, 5.41) is 0. The molecule has 10 heteroatoms. The fraction of sp³-hybridized carbons (Fsp3) is 0.350. The van der Waals surface area contributed by atoms with Crippen LogP contribution in [-0.4, -0.2) is 47.0 Å². The number of hydrogen-bond donors (Lipinski definition) is 1. The number of imidazole rings is 1. The molecular weight excluding hydrogens is 419 g/mol. The Labute approximate surface area is 174 Å². The van der Waals surface area contributed by atoms with Gasteiger partial charge in [-0.25, -0.2) is 10.0 Å². The fourth-order valence-electron chi connectivity index (χ4n) is 2.63. The lowest BCUT2D eigenvalue weighted by Gasteiger charge is -2.24. The van der Waals surface area contributed by atoms with Gasteiger partial charge in [-0.2, -0.15) is 4.98 Å². The van der Waals surface area contributed by atoms with Crippen LogP contribution in [0.3, 0.4) is 0 Å². The summed E-state index contributed by atoms with van der Waals surface area (Å²) in [6.45, 7) is 0.756. The van der Waals surface area contributed by atoms with Gasteiger partial charge in [0, 0.05) is 17.5 Å². The Hall–Kier alpha value is -2.59. The zero-order chi connectivity index (χ0) is 21.9. The zero-order valence-corrected chi connectivity index (χ0v) is 17.7. The van der Waals surface area contributed by atoms with Crippen LogP contribution in [0, 0.1) is 0 Å². The van der Waals surface area contributed by atoms with Gasteiger partial charge in [0.2, 0.25) is 0 Å². The van der Waals surface area contributed by atoms with E-state index in [0.717, 1.165) is 17.3 Å². The van der Waals surface area contributed by atoms with E-state index in [4.69, 9.17) is 15.2 Å². The van der Waals surface area contributed by atoms with Crippen LogP contribution < -0.4 is 15.2 Å². The Balaban J connectivity index is 1.84. The largest absolute Gasteiger partial charge is 0.573 e. The molecule has 0 aliphatic heterocycles. The Morgan fingerprint density at radius 3 is 2.50 bits per heavy atom. The van der Waals surface area contributed by atoms with Gasteiger partial charge in [0.15, 0.2) is 0 Å². The van der Waals surface area contributed by atoms with Crippen molar-refractivity contribution in [2.45, 2.75) is 13.1 Å². The summed E-state index contributed by atoms with van der Waals surface area (Å²) in [7, 11) is -0.695. The molecule has 6 nitrogen and oxygen atoms in total. The number of ether oxygens (including phenoxy) is 3. The molecule has 30 heavy (non-hydrogen) atoms. The van der Waals surface area contributed by atoms with Crippen LogP contribution >= 0.6 is 10.0 Å². The molecule has 0 radical (unpaired) electrons. The summed E-state index contributed by atoms with van der Waals surface area (Å²) in [6, 6.07) is 10.7. The Morgan fingerprint density at radius 2 is 1.80 bits per heavy atom. The minimum absolute atomic E-state index is 0.153. The molecule has 3 aromatic rings. The normalized spacial score (nSPS) is 12.9. The summed E-state index contributed by atoms with van der Waals surface area (Å²) in [6.07, 6.45) is 1.83. The third-order valence-corrected chi connectivity index (χ3v) is 5.44. The van der Waals surface area contributed by atoms with Gasteiger partial charge in [-0.05, 0) is 49.1 Å². The third kappa shape index (κ3) is 6.20. The molecule has 0 fully saturated rings. The van der Waals surface area contributed by atoms with E-state index in [1.54, 1.807) is 22.8 Å². The highest BCUT2D eigenvalue weighted by atomic mass is 32.3. The molecule has 0 saturated heterocycles. The minimum atomic E-state index is -4.79. The predicted molar refractivity (Wildman–Crippen MR) is 114 cm³/mol. The van der Waals surface area contributed by atoms with Crippen molar-refractivity contribution in [3.05, 3.63) is 42.5 Å². The van der Waals surface area contributed by atoms with E-state index in [1.165, 1.54) is 18.2 Å². The van der Waals surface area contributed by atoms with Crippen molar-refractivity contribution in [3.63, 3.8) is 0 Å². The Morgan fingerprint density at radius 1 is 1.07 bits per heavy atom. The van der Waals surface area contributed by atoms with Gasteiger partial charge in [0.05, 0.1) is 17.6 Å². The van der Waals surface area contributed by atoms with Crippen molar-refractivity contribution < 1.29 is 27.4 Å². The summed E-state index contributed by atoms with van der Waals surface area (Å²) >= 11 is 0. The van der Waals surface area contributed by atoms with Gasteiger partial charge in [-0.1, -0.05) is 6.07 Å². The van der Waals surface area contributed by atoms with Gasteiger partial charge >= 0.3 is 12.4 Å². The van der Waals surface area contributed by atoms with Crippen LogP contribution in [-0.2, 0) is 11.5 Å². The predicted octanol–water partition coefficient (Wildman–Crippen LogP) is 4.98. The number of rotatable bonds is 8. The molecule has 3 rings (SSSR count). The first kappa shape index (κ1) is 22.1. The van der Waals surface area contributed by atoms with Crippen molar-refractivity contribution >= 4 is 26.7 Å². The summed E-state index contributed by atoms with van der Waals surface area (Å²) in [5.41, 5.74) is 7.72. The molecule has 0 spiro atoms. The first-order chi connectivity index (χ1) is 14.0. The van der Waals surface area contributed by atoms with Crippen LogP contribution in [0.15, 0.2) is 42.5 Å². The van der Waals surface area contributed by atoms with Gasteiger partial charge in [0.25, 0.3) is 0 Å². The number of anilines is 1. The summed E-state index contributed by atoms with van der Waals surface area (Å²) in [4.78, 5) is 4.42. The maximum Gasteiger partial charge on any atom is 0.573 e. The molecule has 1 heterocycles. The first-order valence-electron chi connectivity index (χ1n) is 9.03. The first-order valence-corrected chi connectivity index (χ1v) is 12.1. The number of fused-ring (bicyclic) bond motifs is 1. The van der Waals surface area contributed by atoms with Crippen LogP contribution in [0.5, 0.6) is 17.5 Å². The lowest BCUT2D eigenvalue weighted by Crippen LogP contribution is -2.17. The number of halogens is 3. The fourth-order valence-corrected chi connectivity index (χ4v) is 3.25. The van der Waals surface area contributed by atoms with Gasteiger partial charge in [-0.15, -0.1) is 13.2 Å². The molecule has 2 aromatic carbocycles. The minimum Gasteiger partial charge on any atom is -0.425 e. The second-order valence-corrected chi connectivity index (χ2v) is 12.1.